The summed E-state index contributed by atoms with van der Waals surface area (Å²) >= 11 is 0. The highest BCUT2D eigenvalue weighted by atomic mass is 16.5. The highest BCUT2D eigenvalue weighted by Crippen LogP contribution is 2.10. The van der Waals surface area contributed by atoms with E-state index in [0.717, 1.165) is 6.42 Å². The second-order valence-corrected chi connectivity index (χ2v) is 6.35. The van der Waals surface area contributed by atoms with Crippen molar-refractivity contribution in [2.45, 2.75) is 58.0 Å². The molecule has 0 aromatic heterocycles. The van der Waals surface area contributed by atoms with Crippen LogP contribution in [-0.4, -0.2) is 48.2 Å². The molecule has 3 atom stereocenters. The summed E-state index contributed by atoms with van der Waals surface area (Å²) in [4.78, 5) is 35.8. The lowest BCUT2D eigenvalue weighted by Gasteiger charge is -2.20. The van der Waals surface area contributed by atoms with Crippen molar-refractivity contribution in [3.8, 4) is 0 Å². The smallest absolute Gasteiger partial charge is 0.305 e. The lowest BCUT2D eigenvalue weighted by atomic mass is 9.99. The highest BCUT2D eigenvalue weighted by Gasteiger charge is 2.23. The lowest BCUT2D eigenvalue weighted by Crippen LogP contribution is -2.42. The third-order valence-corrected chi connectivity index (χ3v) is 3.61. The predicted octanol–water partition coefficient (Wildman–Crippen LogP) is 1.47. The second kappa shape index (κ2) is 14.1. The summed E-state index contributed by atoms with van der Waals surface area (Å²) in [6.45, 7) is 10.5. The molecule has 0 unspecified atom stereocenters. The summed E-state index contributed by atoms with van der Waals surface area (Å²) in [5.74, 6) is -1.49. The summed E-state index contributed by atoms with van der Waals surface area (Å²) in [5, 5.41) is 14.3. The van der Waals surface area contributed by atoms with Gasteiger partial charge in [0.2, 0.25) is 11.8 Å². The average molecular weight is 368 g/mol. The van der Waals surface area contributed by atoms with Crippen molar-refractivity contribution in [3.05, 3.63) is 25.3 Å². The first-order chi connectivity index (χ1) is 12.3. The molecule has 0 fully saturated rings. The Morgan fingerprint density at radius 1 is 1.12 bits per heavy atom. The molecule has 0 heterocycles. The van der Waals surface area contributed by atoms with Crippen LogP contribution in [0.3, 0.4) is 0 Å². The van der Waals surface area contributed by atoms with Crippen LogP contribution in [0.25, 0.3) is 0 Å². The Labute approximate surface area is 155 Å². The zero-order valence-corrected chi connectivity index (χ0v) is 15.8. The summed E-state index contributed by atoms with van der Waals surface area (Å²) in [6.07, 6.45) is 5.42. The number of hydrogen-bond donors (Lipinski definition) is 3. The van der Waals surface area contributed by atoms with E-state index in [1.807, 2.05) is 0 Å². The SMILES string of the molecule is C=CCCCC(=O)OC[C@H](C)NC(=O)[C@H](CC=C)CC(=O)N[C@@H](C)CO. The fourth-order valence-electron chi connectivity index (χ4n) is 2.17. The zero-order valence-electron chi connectivity index (χ0n) is 15.8. The van der Waals surface area contributed by atoms with E-state index in [2.05, 4.69) is 23.8 Å². The molecule has 0 aliphatic carbocycles. The van der Waals surface area contributed by atoms with Gasteiger partial charge in [-0.3, -0.25) is 14.4 Å². The summed E-state index contributed by atoms with van der Waals surface area (Å²) in [5.41, 5.74) is 0. The van der Waals surface area contributed by atoms with Crippen molar-refractivity contribution in [1.29, 1.82) is 0 Å². The van der Waals surface area contributed by atoms with Gasteiger partial charge in [-0.15, -0.1) is 13.2 Å². The van der Waals surface area contributed by atoms with Crippen LogP contribution >= 0.6 is 0 Å². The fraction of sp³-hybridized carbons (Fsp3) is 0.632. The van der Waals surface area contributed by atoms with Gasteiger partial charge in [0.05, 0.1) is 18.6 Å². The molecule has 0 spiro atoms. The first-order valence-electron chi connectivity index (χ1n) is 8.92. The topological polar surface area (TPSA) is 105 Å². The van der Waals surface area contributed by atoms with Crippen molar-refractivity contribution in [3.63, 3.8) is 0 Å². The Hall–Kier alpha value is -2.15. The number of aliphatic hydroxyl groups excluding tert-OH is 1. The first-order valence-corrected chi connectivity index (χ1v) is 8.92. The molecular formula is C19H32N2O5. The lowest BCUT2D eigenvalue weighted by molar-refractivity contribution is -0.145. The average Bonchev–Trinajstić information content (AvgIpc) is 2.59. The number of allylic oxidation sites excluding steroid dienone is 2. The van der Waals surface area contributed by atoms with E-state index in [0.29, 0.717) is 19.3 Å². The van der Waals surface area contributed by atoms with Crippen molar-refractivity contribution in [1.82, 2.24) is 10.6 Å². The normalized spacial score (nSPS) is 13.8. The van der Waals surface area contributed by atoms with Gasteiger partial charge in [-0.25, -0.2) is 0 Å². The van der Waals surface area contributed by atoms with Gasteiger partial charge in [-0.1, -0.05) is 12.2 Å². The van der Waals surface area contributed by atoms with Crippen LogP contribution in [0, 0.1) is 5.92 Å². The van der Waals surface area contributed by atoms with Crippen LogP contribution in [-0.2, 0) is 19.1 Å². The fourth-order valence-corrected chi connectivity index (χ4v) is 2.17. The van der Waals surface area contributed by atoms with Crippen molar-refractivity contribution >= 4 is 17.8 Å². The minimum atomic E-state index is -0.566. The highest BCUT2D eigenvalue weighted by molar-refractivity contribution is 5.86. The van der Waals surface area contributed by atoms with Gasteiger partial charge >= 0.3 is 5.97 Å². The van der Waals surface area contributed by atoms with Crippen molar-refractivity contribution < 1.29 is 24.2 Å². The second-order valence-electron chi connectivity index (χ2n) is 6.35. The minimum absolute atomic E-state index is 0.00372. The Kier molecular flexibility index (Phi) is 12.9. The van der Waals surface area contributed by atoms with E-state index in [9.17, 15) is 14.4 Å². The number of nitrogens with one attached hydrogen (secondary N) is 2. The summed E-state index contributed by atoms with van der Waals surface area (Å²) in [6, 6.07) is -0.730. The Morgan fingerprint density at radius 3 is 2.38 bits per heavy atom. The third kappa shape index (κ3) is 11.4. The van der Waals surface area contributed by atoms with Gasteiger partial charge < -0.3 is 20.5 Å². The predicted molar refractivity (Wildman–Crippen MR) is 100 cm³/mol. The quantitative estimate of drug-likeness (QED) is 0.245. The van der Waals surface area contributed by atoms with Crippen LogP contribution < -0.4 is 10.6 Å². The largest absolute Gasteiger partial charge is 0.464 e. The Bertz CT molecular complexity index is 479. The molecule has 0 saturated heterocycles. The third-order valence-electron chi connectivity index (χ3n) is 3.61. The molecule has 0 aliphatic heterocycles. The molecule has 7 nitrogen and oxygen atoms in total. The van der Waals surface area contributed by atoms with Crippen molar-refractivity contribution in [2.75, 3.05) is 13.2 Å². The standard InChI is InChI=1S/C19H32N2O5/c1-5-7-8-10-18(24)26-13-15(4)21-19(25)16(9-6-2)11-17(23)20-14(3)12-22/h5-6,14-16,22H,1-2,7-13H2,3-4H3,(H,20,23)(H,21,25)/t14-,15-,16+/m0/s1. The van der Waals surface area contributed by atoms with Crippen molar-refractivity contribution in [2.24, 2.45) is 5.92 Å². The minimum Gasteiger partial charge on any atom is -0.464 e. The van der Waals surface area contributed by atoms with Gasteiger partial charge in [0, 0.05) is 18.9 Å². The van der Waals surface area contributed by atoms with Crippen LogP contribution in [0.1, 0.15) is 46.0 Å². The number of hydrogen-bond acceptors (Lipinski definition) is 5. The summed E-state index contributed by atoms with van der Waals surface area (Å²) in [7, 11) is 0. The van der Waals surface area contributed by atoms with E-state index in [1.54, 1.807) is 26.0 Å². The molecule has 0 aromatic rings. The van der Waals surface area contributed by atoms with E-state index < -0.39 is 5.92 Å². The van der Waals surface area contributed by atoms with Gasteiger partial charge in [0.1, 0.15) is 6.61 Å². The van der Waals surface area contributed by atoms with Crippen LogP contribution in [0.15, 0.2) is 25.3 Å². The Morgan fingerprint density at radius 2 is 1.81 bits per heavy atom. The molecule has 2 amide bonds. The number of amides is 2. The van der Waals surface area contributed by atoms with Gasteiger partial charge in [-0.05, 0) is 33.1 Å². The molecule has 0 saturated carbocycles. The molecule has 0 bridgehead atoms. The molecule has 0 aliphatic rings. The maximum absolute atomic E-state index is 12.4. The molecule has 0 rings (SSSR count). The Balaban J connectivity index is 4.37. The van der Waals surface area contributed by atoms with E-state index >= 15 is 0 Å². The number of esters is 1. The molecule has 3 N–H and O–H groups in total. The maximum Gasteiger partial charge on any atom is 0.305 e. The summed E-state index contributed by atoms with van der Waals surface area (Å²) < 4.78 is 5.12. The van der Waals surface area contributed by atoms with Crippen LogP contribution in [0.5, 0.6) is 0 Å². The number of rotatable bonds is 14. The van der Waals surface area contributed by atoms with Gasteiger partial charge in [0.15, 0.2) is 0 Å². The number of ether oxygens (including phenoxy) is 1. The first kappa shape index (κ1) is 23.9. The monoisotopic (exact) mass is 368 g/mol. The molecule has 0 aromatic carbocycles. The van der Waals surface area contributed by atoms with Gasteiger partial charge in [0.25, 0.3) is 0 Å². The number of carbonyl (C=O) groups is 3. The molecule has 26 heavy (non-hydrogen) atoms. The maximum atomic E-state index is 12.4. The van der Waals surface area contributed by atoms with Crippen LogP contribution in [0.2, 0.25) is 0 Å². The number of carbonyl (C=O) groups excluding carboxylic acids is 3. The van der Waals surface area contributed by atoms with Gasteiger partial charge in [-0.2, -0.15) is 0 Å². The molecule has 7 heteroatoms. The van der Waals surface area contributed by atoms with E-state index in [4.69, 9.17) is 9.84 Å². The van der Waals surface area contributed by atoms with E-state index in [1.165, 1.54) is 0 Å². The molecular weight excluding hydrogens is 336 g/mol. The molecule has 148 valence electrons. The van der Waals surface area contributed by atoms with E-state index in [-0.39, 0.29) is 49.5 Å². The zero-order chi connectivity index (χ0) is 19.9. The van der Waals surface area contributed by atoms with Crippen LogP contribution in [0.4, 0.5) is 0 Å². The number of unbranched alkanes of at least 4 members (excludes halogenated alkanes) is 1. The number of aliphatic hydroxyl groups is 1. The molecule has 0 radical (unpaired) electrons.